The van der Waals surface area contributed by atoms with E-state index in [0.717, 1.165) is 17.0 Å². The number of aromatic nitrogens is 2. The number of carbonyl (C=O) groups is 1. The van der Waals surface area contributed by atoms with E-state index in [4.69, 9.17) is 4.52 Å². The Bertz CT molecular complexity index is 1560. The summed E-state index contributed by atoms with van der Waals surface area (Å²) in [5.41, 5.74) is -0.266. The molecule has 0 bridgehead atoms. The van der Waals surface area contributed by atoms with Crippen molar-refractivity contribution in [2.45, 2.75) is 23.9 Å². The molecule has 1 saturated heterocycles. The topological polar surface area (TPSA) is 123 Å². The van der Waals surface area contributed by atoms with E-state index >= 15 is 0 Å². The molecular formula is C27H20F4N4O5. The van der Waals surface area contributed by atoms with Crippen molar-refractivity contribution < 1.29 is 36.9 Å². The van der Waals surface area contributed by atoms with E-state index in [9.17, 15) is 37.6 Å². The van der Waals surface area contributed by atoms with Gasteiger partial charge in [-0.2, -0.15) is 18.2 Å². The van der Waals surface area contributed by atoms with Crippen molar-refractivity contribution in [2.75, 3.05) is 13.1 Å². The normalized spacial score (nSPS) is 19.4. The van der Waals surface area contributed by atoms with E-state index in [-0.39, 0.29) is 36.1 Å². The Labute approximate surface area is 223 Å². The van der Waals surface area contributed by atoms with Crippen LogP contribution in [0.15, 0.2) is 77.3 Å². The SMILES string of the molecule is O=C(O)N1CC(c2ccc(C(F)(F)F)cc2)C(c2ccccc2[N+](=O)[O-])C(c2nc(-c3cccc(F)c3)no2)C1. The fraction of sp³-hybridized carbons (Fsp3) is 0.222. The zero-order chi connectivity index (χ0) is 28.6. The number of piperidine rings is 1. The van der Waals surface area contributed by atoms with Gasteiger partial charge in [-0.3, -0.25) is 10.1 Å². The molecule has 0 saturated carbocycles. The standard InChI is InChI=1S/C27H20F4N4O5/c28-18-5-3-4-16(12-18)24-32-25(40-33-24)21-14-34(26(36)37)13-20(15-8-10-17(11-9-15)27(29,30)31)23(21)19-6-1-2-7-22(19)35(38)39/h1-12,20-21,23H,13-14H2,(H,36,37). The molecule has 1 fully saturated rings. The Morgan fingerprint density at radius 2 is 1.73 bits per heavy atom. The van der Waals surface area contributed by atoms with Crippen molar-refractivity contribution >= 4 is 11.8 Å². The molecule has 0 aliphatic carbocycles. The molecule has 13 heteroatoms. The van der Waals surface area contributed by atoms with Crippen LogP contribution in [0.5, 0.6) is 0 Å². The zero-order valence-electron chi connectivity index (χ0n) is 20.5. The third-order valence-electron chi connectivity index (χ3n) is 6.97. The van der Waals surface area contributed by atoms with Crippen LogP contribution in [0.1, 0.15) is 40.3 Å². The maximum Gasteiger partial charge on any atom is 0.416 e. The van der Waals surface area contributed by atoms with Gasteiger partial charge in [-0.1, -0.05) is 47.6 Å². The Hall–Kier alpha value is -4.81. The van der Waals surface area contributed by atoms with Gasteiger partial charge in [0.15, 0.2) is 0 Å². The number of benzene rings is 3. The van der Waals surface area contributed by atoms with Crippen LogP contribution in [0.25, 0.3) is 11.4 Å². The third-order valence-corrected chi connectivity index (χ3v) is 6.97. The number of carboxylic acid groups (broad SMARTS) is 1. The van der Waals surface area contributed by atoms with Gasteiger partial charge in [-0.25, -0.2) is 9.18 Å². The maximum atomic E-state index is 13.8. The first kappa shape index (κ1) is 26.8. The Kier molecular flexibility index (Phi) is 6.96. The summed E-state index contributed by atoms with van der Waals surface area (Å²) in [6, 6.07) is 15.5. The molecule has 9 nitrogen and oxygen atoms in total. The Balaban J connectivity index is 1.66. The summed E-state index contributed by atoms with van der Waals surface area (Å²) in [6.45, 7) is -0.341. The van der Waals surface area contributed by atoms with Crippen LogP contribution in [0.2, 0.25) is 0 Å². The average molecular weight is 556 g/mol. The van der Waals surface area contributed by atoms with Crippen LogP contribution in [0, 0.1) is 15.9 Å². The predicted molar refractivity (Wildman–Crippen MR) is 132 cm³/mol. The van der Waals surface area contributed by atoms with Crippen LogP contribution in [-0.2, 0) is 6.18 Å². The highest BCUT2D eigenvalue weighted by molar-refractivity contribution is 5.66. The second kappa shape index (κ2) is 10.4. The number of likely N-dealkylation sites (tertiary alicyclic amines) is 1. The highest BCUT2D eigenvalue weighted by atomic mass is 19.4. The molecule has 1 amide bonds. The number of alkyl halides is 3. The number of rotatable bonds is 5. The van der Waals surface area contributed by atoms with Gasteiger partial charge >= 0.3 is 12.3 Å². The lowest BCUT2D eigenvalue weighted by Crippen LogP contribution is -2.45. The number of amides is 1. The van der Waals surface area contributed by atoms with Gasteiger partial charge in [0.2, 0.25) is 11.7 Å². The highest BCUT2D eigenvalue weighted by Crippen LogP contribution is 2.50. The first-order valence-electron chi connectivity index (χ1n) is 12.0. The van der Waals surface area contributed by atoms with E-state index < -0.39 is 46.3 Å². The predicted octanol–water partition coefficient (Wildman–Crippen LogP) is 6.45. The molecule has 3 unspecified atom stereocenters. The quantitative estimate of drug-likeness (QED) is 0.170. The molecule has 4 aromatic rings. The molecule has 5 rings (SSSR count). The highest BCUT2D eigenvalue weighted by Gasteiger charge is 2.46. The fourth-order valence-electron chi connectivity index (χ4n) is 5.18. The van der Waals surface area contributed by atoms with Crippen LogP contribution >= 0.6 is 0 Å². The Morgan fingerprint density at radius 3 is 2.38 bits per heavy atom. The van der Waals surface area contributed by atoms with Crippen LogP contribution < -0.4 is 0 Å². The van der Waals surface area contributed by atoms with E-state index in [1.54, 1.807) is 12.1 Å². The smallest absolute Gasteiger partial charge is 0.416 e. The van der Waals surface area contributed by atoms with Crippen molar-refractivity contribution in [3.63, 3.8) is 0 Å². The van der Waals surface area contributed by atoms with Crippen molar-refractivity contribution in [3.8, 4) is 11.4 Å². The largest absolute Gasteiger partial charge is 0.465 e. The lowest BCUT2D eigenvalue weighted by molar-refractivity contribution is -0.385. The molecule has 1 aliphatic heterocycles. The van der Waals surface area contributed by atoms with Gasteiger partial charge < -0.3 is 14.5 Å². The molecule has 1 aromatic heterocycles. The molecular weight excluding hydrogens is 536 g/mol. The number of nitro groups is 1. The second-order valence-electron chi connectivity index (χ2n) is 9.33. The summed E-state index contributed by atoms with van der Waals surface area (Å²) < 4.78 is 59.1. The Morgan fingerprint density at radius 1 is 1.02 bits per heavy atom. The molecule has 0 radical (unpaired) electrons. The van der Waals surface area contributed by atoms with E-state index in [0.29, 0.717) is 11.1 Å². The van der Waals surface area contributed by atoms with Crippen molar-refractivity contribution in [2.24, 2.45) is 0 Å². The van der Waals surface area contributed by atoms with Crippen LogP contribution in [-0.4, -0.2) is 44.3 Å². The summed E-state index contributed by atoms with van der Waals surface area (Å²) in [5.74, 6) is -3.15. The third kappa shape index (κ3) is 5.22. The summed E-state index contributed by atoms with van der Waals surface area (Å²) in [7, 11) is 0. The molecule has 3 aromatic carbocycles. The van der Waals surface area contributed by atoms with Gasteiger partial charge in [0, 0.05) is 42.1 Å². The van der Waals surface area contributed by atoms with Crippen molar-refractivity contribution in [3.05, 3.63) is 111 Å². The number of hydrogen-bond acceptors (Lipinski definition) is 6. The lowest BCUT2D eigenvalue weighted by atomic mass is 9.70. The molecule has 0 spiro atoms. The molecule has 40 heavy (non-hydrogen) atoms. The van der Waals surface area contributed by atoms with Crippen LogP contribution in [0.3, 0.4) is 0 Å². The van der Waals surface area contributed by atoms with Gasteiger partial charge in [0.25, 0.3) is 5.69 Å². The molecule has 1 aliphatic rings. The zero-order valence-corrected chi connectivity index (χ0v) is 20.5. The molecule has 206 valence electrons. The first-order chi connectivity index (χ1) is 19.0. The minimum atomic E-state index is -4.59. The lowest BCUT2D eigenvalue weighted by Gasteiger charge is -2.41. The number of nitrogens with zero attached hydrogens (tertiary/aromatic N) is 4. The van der Waals surface area contributed by atoms with Crippen molar-refractivity contribution in [1.29, 1.82) is 0 Å². The van der Waals surface area contributed by atoms with Gasteiger partial charge in [-0.05, 0) is 29.8 Å². The molecule has 1 N–H and O–H groups in total. The van der Waals surface area contributed by atoms with Gasteiger partial charge in [-0.15, -0.1) is 0 Å². The number of nitro benzene ring substituents is 1. The number of para-hydroxylation sites is 1. The number of hydrogen-bond donors (Lipinski definition) is 1. The fourth-order valence-corrected chi connectivity index (χ4v) is 5.18. The minimum absolute atomic E-state index is 0.0225. The summed E-state index contributed by atoms with van der Waals surface area (Å²) in [5, 5.41) is 25.8. The van der Waals surface area contributed by atoms with E-state index in [2.05, 4.69) is 10.1 Å². The number of halogens is 4. The average Bonchev–Trinajstić information content (AvgIpc) is 3.42. The maximum absolute atomic E-state index is 13.8. The summed E-state index contributed by atoms with van der Waals surface area (Å²) in [4.78, 5) is 29.0. The van der Waals surface area contributed by atoms with Crippen molar-refractivity contribution in [1.82, 2.24) is 15.0 Å². The van der Waals surface area contributed by atoms with E-state index in [1.807, 2.05) is 0 Å². The first-order valence-corrected chi connectivity index (χ1v) is 12.0. The van der Waals surface area contributed by atoms with Crippen LogP contribution in [0.4, 0.5) is 28.0 Å². The monoisotopic (exact) mass is 556 g/mol. The molecule has 2 heterocycles. The van der Waals surface area contributed by atoms with Gasteiger partial charge in [0.05, 0.1) is 16.4 Å². The van der Waals surface area contributed by atoms with Gasteiger partial charge in [0.1, 0.15) is 5.82 Å². The summed E-state index contributed by atoms with van der Waals surface area (Å²) in [6.07, 6.45) is -5.89. The van der Waals surface area contributed by atoms with E-state index in [1.165, 1.54) is 48.5 Å². The minimum Gasteiger partial charge on any atom is -0.465 e. The molecule has 3 atom stereocenters. The summed E-state index contributed by atoms with van der Waals surface area (Å²) >= 11 is 0. The second-order valence-corrected chi connectivity index (χ2v) is 9.33.